The van der Waals surface area contributed by atoms with Crippen LogP contribution in [0.3, 0.4) is 0 Å². The highest BCUT2D eigenvalue weighted by molar-refractivity contribution is 7.09. The number of aromatic nitrogens is 2. The molecule has 2 aromatic heterocycles. The topological polar surface area (TPSA) is 32.3 Å². The lowest BCUT2D eigenvalue weighted by molar-refractivity contribution is -0.137. The molecule has 0 N–H and O–H groups in total. The highest BCUT2D eigenvalue weighted by Crippen LogP contribution is 2.31. The van der Waals surface area contributed by atoms with Crippen LogP contribution in [0, 0.1) is 12.8 Å². The van der Waals surface area contributed by atoms with Gasteiger partial charge in [-0.3, -0.25) is 4.90 Å². The van der Waals surface area contributed by atoms with Crippen LogP contribution in [0.2, 0.25) is 0 Å². The fourth-order valence-electron chi connectivity index (χ4n) is 3.32. The van der Waals surface area contributed by atoms with Crippen LogP contribution in [0.25, 0.3) is 0 Å². The van der Waals surface area contributed by atoms with Crippen LogP contribution in [0.1, 0.15) is 29.1 Å². The van der Waals surface area contributed by atoms with Gasteiger partial charge in [-0.15, -0.1) is 11.3 Å². The molecule has 1 aliphatic heterocycles. The number of hydrogen-bond acceptors (Lipinski definition) is 5. The minimum absolute atomic E-state index is 0.375. The molecule has 4 nitrogen and oxygen atoms in total. The molecule has 3 rings (SSSR count). The van der Waals surface area contributed by atoms with Gasteiger partial charge in [0.15, 0.2) is 0 Å². The molecule has 0 radical (unpaired) electrons. The van der Waals surface area contributed by atoms with Gasteiger partial charge in [0.1, 0.15) is 5.82 Å². The van der Waals surface area contributed by atoms with Crippen LogP contribution >= 0.6 is 11.3 Å². The zero-order valence-electron chi connectivity index (χ0n) is 15.0. The number of nitrogens with zero attached hydrogens (tertiary/aromatic N) is 4. The Hall–Kier alpha value is -1.67. The second-order valence-electron chi connectivity index (χ2n) is 6.86. The fourth-order valence-corrected chi connectivity index (χ4v) is 3.93. The first kappa shape index (κ1) is 19.1. The third-order valence-corrected chi connectivity index (χ3v) is 5.58. The minimum Gasteiger partial charge on any atom is -0.359 e. The van der Waals surface area contributed by atoms with Gasteiger partial charge in [0, 0.05) is 31.7 Å². The number of anilines is 1. The molecule has 26 heavy (non-hydrogen) atoms. The van der Waals surface area contributed by atoms with E-state index in [9.17, 15) is 13.2 Å². The quantitative estimate of drug-likeness (QED) is 0.773. The molecule has 1 saturated heterocycles. The summed E-state index contributed by atoms with van der Waals surface area (Å²) in [5, 5.41) is 3.19. The lowest BCUT2D eigenvalue weighted by Gasteiger charge is -2.33. The van der Waals surface area contributed by atoms with Crippen molar-refractivity contribution in [1.29, 1.82) is 0 Å². The maximum Gasteiger partial charge on any atom is 0.416 e. The third kappa shape index (κ3) is 4.94. The molecule has 2 aromatic rings. The Morgan fingerprint density at radius 3 is 2.65 bits per heavy atom. The van der Waals surface area contributed by atoms with E-state index in [2.05, 4.69) is 20.2 Å². The van der Waals surface area contributed by atoms with E-state index in [-0.39, 0.29) is 0 Å². The van der Waals surface area contributed by atoms with Crippen molar-refractivity contribution in [2.75, 3.05) is 31.6 Å². The Bertz CT molecular complexity index is 723. The van der Waals surface area contributed by atoms with Gasteiger partial charge in [-0.25, -0.2) is 9.97 Å². The van der Waals surface area contributed by atoms with Crippen molar-refractivity contribution >= 4 is 17.2 Å². The highest BCUT2D eigenvalue weighted by atomic mass is 32.1. The van der Waals surface area contributed by atoms with Crippen molar-refractivity contribution in [3.63, 3.8) is 0 Å². The van der Waals surface area contributed by atoms with Crippen LogP contribution in [-0.4, -0.2) is 41.5 Å². The van der Waals surface area contributed by atoms with Crippen LogP contribution < -0.4 is 4.90 Å². The Morgan fingerprint density at radius 1 is 1.31 bits per heavy atom. The van der Waals surface area contributed by atoms with E-state index in [1.165, 1.54) is 6.20 Å². The maximum atomic E-state index is 12.9. The van der Waals surface area contributed by atoms with Crippen LogP contribution in [0.5, 0.6) is 0 Å². The first-order valence-corrected chi connectivity index (χ1v) is 9.57. The van der Waals surface area contributed by atoms with Crippen molar-refractivity contribution in [3.05, 3.63) is 40.0 Å². The van der Waals surface area contributed by atoms with Crippen LogP contribution in [-0.2, 0) is 12.7 Å². The zero-order valence-corrected chi connectivity index (χ0v) is 15.8. The summed E-state index contributed by atoms with van der Waals surface area (Å²) in [6.45, 7) is 5.59. The van der Waals surface area contributed by atoms with Gasteiger partial charge in [0.2, 0.25) is 0 Å². The monoisotopic (exact) mass is 384 g/mol. The van der Waals surface area contributed by atoms with E-state index in [0.29, 0.717) is 11.7 Å². The Kier molecular flexibility index (Phi) is 5.82. The van der Waals surface area contributed by atoms with Gasteiger partial charge < -0.3 is 4.90 Å². The summed E-state index contributed by atoms with van der Waals surface area (Å²) < 4.78 is 38.6. The molecule has 1 aliphatic rings. The number of halogens is 3. The smallest absolute Gasteiger partial charge is 0.359 e. The second-order valence-corrected chi connectivity index (χ2v) is 7.92. The van der Waals surface area contributed by atoms with Crippen LogP contribution in [0.15, 0.2) is 23.7 Å². The molecule has 0 aromatic carbocycles. The number of piperidine rings is 1. The lowest BCUT2D eigenvalue weighted by Crippen LogP contribution is -2.37. The summed E-state index contributed by atoms with van der Waals surface area (Å²) in [4.78, 5) is 12.8. The molecule has 0 amide bonds. The molecule has 0 aliphatic carbocycles. The van der Waals surface area contributed by atoms with Gasteiger partial charge in [0.05, 0.1) is 16.3 Å². The predicted molar refractivity (Wildman–Crippen MR) is 97.4 cm³/mol. The largest absolute Gasteiger partial charge is 0.416 e. The summed E-state index contributed by atoms with van der Waals surface area (Å²) in [5.41, 5.74) is 0.471. The number of hydrogen-bond donors (Lipinski definition) is 0. The molecule has 0 unspecified atom stereocenters. The highest BCUT2D eigenvalue weighted by Gasteiger charge is 2.31. The molecular formula is C18H23F3N4S. The normalized spacial score (nSPS) is 16.8. The molecule has 0 saturated carbocycles. The Labute approximate surface area is 155 Å². The molecule has 0 bridgehead atoms. The van der Waals surface area contributed by atoms with Gasteiger partial charge in [-0.1, -0.05) is 0 Å². The molecule has 8 heteroatoms. The average Bonchev–Trinajstić information content (AvgIpc) is 3.01. The first-order chi connectivity index (χ1) is 12.3. The van der Waals surface area contributed by atoms with Crippen LogP contribution in [0.4, 0.5) is 19.0 Å². The fraction of sp³-hybridized carbons (Fsp3) is 0.556. The molecule has 0 atom stereocenters. The van der Waals surface area contributed by atoms with Crippen molar-refractivity contribution in [2.24, 2.45) is 5.92 Å². The summed E-state index contributed by atoms with van der Waals surface area (Å²) >= 11 is 1.67. The number of alkyl halides is 3. The lowest BCUT2D eigenvalue weighted by atomic mass is 9.96. The average molecular weight is 384 g/mol. The van der Waals surface area contributed by atoms with Gasteiger partial charge in [-0.2, -0.15) is 13.2 Å². The van der Waals surface area contributed by atoms with Gasteiger partial charge in [0.25, 0.3) is 0 Å². The maximum absolute atomic E-state index is 12.9. The summed E-state index contributed by atoms with van der Waals surface area (Å²) in [5.74, 6) is 0.838. The van der Waals surface area contributed by atoms with E-state index >= 15 is 0 Å². The van der Waals surface area contributed by atoms with E-state index in [0.717, 1.165) is 61.9 Å². The zero-order chi connectivity index (χ0) is 18.7. The second kappa shape index (κ2) is 7.92. The van der Waals surface area contributed by atoms with Crippen molar-refractivity contribution in [1.82, 2.24) is 14.9 Å². The number of rotatable bonds is 5. The third-order valence-electron chi connectivity index (χ3n) is 4.76. The molecule has 142 valence electrons. The van der Waals surface area contributed by atoms with E-state index in [4.69, 9.17) is 0 Å². The summed E-state index contributed by atoms with van der Waals surface area (Å²) in [6, 6.07) is 2.13. The van der Waals surface area contributed by atoms with Crippen molar-refractivity contribution in [3.8, 4) is 0 Å². The predicted octanol–water partition coefficient (Wildman–Crippen LogP) is 4.21. The summed E-state index contributed by atoms with van der Waals surface area (Å²) in [6.07, 6.45) is -1.04. The number of pyridine rings is 1. The molecule has 1 fully saturated rings. The number of aryl methyl sites for hydroxylation is 1. The SMILES string of the molecule is Cc1nc(CN2CCC(CN(C)c3cc(C(F)(F)F)ccn3)CC2)cs1. The van der Waals surface area contributed by atoms with Crippen molar-refractivity contribution < 1.29 is 13.2 Å². The van der Waals surface area contributed by atoms with Gasteiger partial charge in [-0.05, 0) is 50.9 Å². The Balaban J connectivity index is 1.51. The molecule has 3 heterocycles. The number of thiazole rings is 1. The van der Waals surface area contributed by atoms with E-state index < -0.39 is 11.7 Å². The van der Waals surface area contributed by atoms with Gasteiger partial charge >= 0.3 is 6.18 Å². The van der Waals surface area contributed by atoms with E-state index in [1.54, 1.807) is 11.3 Å². The first-order valence-electron chi connectivity index (χ1n) is 8.69. The standard InChI is InChI=1S/C18H23F3N4S/c1-13-23-16(12-26-13)11-25-7-4-14(5-8-25)10-24(2)17-9-15(3-6-22-17)18(19,20)21/h3,6,9,12,14H,4-5,7-8,10-11H2,1-2H3. The van der Waals surface area contributed by atoms with Crippen molar-refractivity contribution in [2.45, 2.75) is 32.5 Å². The number of likely N-dealkylation sites (tertiary alicyclic amines) is 1. The summed E-state index contributed by atoms with van der Waals surface area (Å²) in [7, 11) is 1.81. The Morgan fingerprint density at radius 2 is 2.04 bits per heavy atom. The molecule has 0 spiro atoms. The minimum atomic E-state index is -4.34. The van der Waals surface area contributed by atoms with E-state index in [1.807, 2.05) is 18.9 Å². The molecular weight excluding hydrogens is 361 g/mol.